The van der Waals surface area contributed by atoms with E-state index in [1.165, 1.54) is 24.0 Å². The maximum Gasteiger partial charge on any atom is 0.253 e. The predicted octanol–water partition coefficient (Wildman–Crippen LogP) is 5.15. The lowest BCUT2D eigenvalue weighted by Gasteiger charge is -2.39. The average molecular weight is 407 g/mol. The third kappa shape index (κ3) is 3.98. The second-order valence-electron chi connectivity index (χ2n) is 8.45. The zero-order valence-electron chi connectivity index (χ0n) is 18.6. The fraction of sp³-hybridized carbons (Fsp3) is 0.500. The first-order chi connectivity index (χ1) is 14.7. The summed E-state index contributed by atoms with van der Waals surface area (Å²) in [5, 5.41) is 0. The molecule has 1 aromatic carbocycles. The number of ether oxygens (including phenoxy) is 1. The third-order valence-corrected chi connectivity index (χ3v) is 6.91. The van der Waals surface area contributed by atoms with Gasteiger partial charge >= 0.3 is 0 Å². The molecule has 4 nitrogen and oxygen atoms in total. The van der Waals surface area contributed by atoms with Gasteiger partial charge in [-0.3, -0.25) is 4.79 Å². The highest BCUT2D eigenvalue weighted by atomic mass is 16.5. The van der Waals surface area contributed by atoms with Crippen LogP contribution in [0.5, 0.6) is 5.75 Å². The van der Waals surface area contributed by atoms with Crippen molar-refractivity contribution in [1.82, 2.24) is 9.80 Å². The Kier molecular flexibility index (Phi) is 6.43. The normalized spacial score (nSPS) is 21.6. The first-order valence-electron chi connectivity index (χ1n) is 11.6. The maximum absolute atomic E-state index is 12.9. The molecule has 0 saturated carbocycles. The van der Waals surface area contributed by atoms with Gasteiger partial charge < -0.3 is 14.5 Å². The molecule has 0 spiro atoms. The summed E-state index contributed by atoms with van der Waals surface area (Å²) in [5.41, 5.74) is 3.29. The molecule has 0 aromatic heterocycles. The minimum absolute atomic E-state index is 0.0830. The number of carbonyl (C=O) groups excluding carboxylic acids is 1. The largest absolute Gasteiger partial charge is 0.461 e. The number of nitrogens with zero attached hydrogens (tertiary/aromatic N) is 2. The summed E-state index contributed by atoms with van der Waals surface area (Å²) in [6.45, 7) is 11.2. The Bertz CT molecular complexity index is 871. The van der Waals surface area contributed by atoms with Crippen LogP contribution in [0.1, 0.15) is 61.9 Å². The molecule has 2 heterocycles. The Morgan fingerprint density at radius 3 is 2.60 bits per heavy atom. The predicted molar refractivity (Wildman–Crippen MR) is 122 cm³/mol. The molecule has 0 radical (unpaired) electrons. The lowest BCUT2D eigenvalue weighted by molar-refractivity contribution is 0.0772. The van der Waals surface area contributed by atoms with Crippen LogP contribution in [0.2, 0.25) is 0 Å². The van der Waals surface area contributed by atoms with Gasteiger partial charge in [0, 0.05) is 36.6 Å². The number of fused-ring (bicyclic) bond motifs is 1. The highest BCUT2D eigenvalue weighted by Gasteiger charge is 2.36. The van der Waals surface area contributed by atoms with Gasteiger partial charge in [-0.15, -0.1) is 0 Å². The van der Waals surface area contributed by atoms with Gasteiger partial charge in [0.05, 0.1) is 0 Å². The van der Waals surface area contributed by atoms with Gasteiger partial charge in [0.2, 0.25) is 0 Å². The first-order valence-corrected chi connectivity index (χ1v) is 11.6. The van der Waals surface area contributed by atoms with Crippen LogP contribution in [0, 0.1) is 5.92 Å². The second-order valence-corrected chi connectivity index (χ2v) is 8.45. The van der Waals surface area contributed by atoms with E-state index in [-0.39, 0.29) is 5.91 Å². The number of hydrogen-bond acceptors (Lipinski definition) is 3. The summed E-state index contributed by atoms with van der Waals surface area (Å²) < 4.78 is 6.41. The van der Waals surface area contributed by atoms with Gasteiger partial charge in [0.25, 0.3) is 5.91 Å². The minimum Gasteiger partial charge on any atom is -0.461 e. The molecule has 1 atom stereocenters. The van der Waals surface area contributed by atoms with Crippen molar-refractivity contribution in [3.63, 3.8) is 0 Å². The van der Waals surface area contributed by atoms with Crippen molar-refractivity contribution in [3.8, 4) is 5.75 Å². The van der Waals surface area contributed by atoms with Crippen molar-refractivity contribution in [1.29, 1.82) is 0 Å². The molecule has 1 aliphatic carbocycles. The summed E-state index contributed by atoms with van der Waals surface area (Å²) in [6.07, 6.45) is 11.9. The Labute approximate surface area is 180 Å². The Morgan fingerprint density at radius 2 is 1.90 bits per heavy atom. The standard InChI is InChI=1S/C26H34N2O2/c1-4-27-16-14-19(15-17-27)25-21-10-8-7-9-11-23(21)30-24-18-20(12-13-22(24)25)26(29)28(5-2)6-3/h7-10,12-13,18-19,25H,4-6,11,14-17H2,1-3H3. The molecule has 3 aliphatic rings. The van der Waals surface area contributed by atoms with Crippen molar-refractivity contribution in [2.24, 2.45) is 5.92 Å². The number of benzene rings is 1. The molecule has 1 saturated heterocycles. The molecule has 0 N–H and O–H groups in total. The SMILES string of the molecule is CCN1CCC(C2C3=C(CC=CC=C3)Oc3cc(C(=O)N(CC)CC)ccc32)CC1. The number of allylic oxidation sites excluding steroid dienone is 5. The van der Waals surface area contributed by atoms with E-state index in [1.807, 2.05) is 30.9 Å². The highest BCUT2D eigenvalue weighted by Crippen LogP contribution is 2.48. The zero-order valence-corrected chi connectivity index (χ0v) is 18.6. The zero-order chi connectivity index (χ0) is 21.1. The molecule has 0 bridgehead atoms. The van der Waals surface area contributed by atoms with Crippen LogP contribution in [0.15, 0.2) is 53.8 Å². The van der Waals surface area contributed by atoms with E-state index >= 15 is 0 Å². The molecular weight excluding hydrogens is 372 g/mol. The maximum atomic E-state index is 12.9. The van der Waals surface area contributed by atoms with E-state index in [4.69, 9.17) is 4.74 Å². The van der Waals surface area contributed by atoms with Gasteiger partial charge in [-0.2, -0.15) is 0 Å². The van der Waals surface area contributed by atoms with Crippen molar-refractivity contribution >= 4 is 5.91 Å². The van der Waals surface area contributed by atoms with E-state index in [2.05, 4.69) is 42.2 Å². The second kappa shape index (κ2) is 9.22. The summed E-state index contributed by atoms with van der Waals surface area (Å²) in [4.78, 5) is 17.3. The number of piperidine rings is 1. The van der Waals surface area contributed by atoms with Gasteiger partial charge in [-0.1, -0.05) is 37.3 Å². The minimum atomic E-state index is 0.0830. The van der Waals surface area contributed by atoms with Crippen molar-refractivity contribution in [2.75, 3.05) is 32.7 Å². The highest BCUT2D eigenvalue weighted by molar-refractivity contribution is 5.94. The van der Waals surface area contributed by atoms with E-state index in [9.17, 15) is 4.79 Å². The molecular formula is C26H34N2O2. The fourth-order valence-corrected chi connectivity index (χ4v) is 5.12. The van der Waals surface area contributed by atoms with Crippen LogP contribution >= 0.6 is 0 Å². The molecule has 4 heteroatoms. The molecule has 1 unspecified atom stereocenters. The summed E-state index contributed by atoms with van der Waals surface area (Å²) in [7, 11) is 0. The smallest absolute Gasteiger partial charge is 0.253 e. The quantitative estimate of drug-likeness (QED) is 0.678. The lowest BCUT2D eigenvalue weighted by Crippen LogP contribution is -2.36. The molecule has 1 aromatic rings. The molecule has 30 heavy (non-hydrogen) atoms. The van der Waals surface area contributed by atoms with E-state index in [0.29, 0.717) is 11.8 Å². The summed E-state index contributed by atoms with van der Waals surface area (Å²) in [6, 6.07) is 6.13. The monoisotopic (exact) mass is 406 g/mol. The van der Waals surface area contributed by atoms with Crippen LogP contribution in [0.4, 0.5) is 0 Å². The molecule has 4 rings (SSSR count). The van der Waals surface area contributed by atoms with Gasteiger partial charge in [-0.25, -0.2) is 0 Å². The molecule has 1 fully saturated rings. The Hall–Kier alpha value is -2.33. The number of carbonyl (C=O) groups is 1. The lowest BCUT2D eigenvalue weighted by atomic mass is 9.73. The Balaban J connectivity index is 1.70. The molecule has 1 amide bonds. The molecule has 160 valence electrons. The van der Waals surface area contributed by atoms with Crippen molar-refractivity contribution in [3.05, 3.63) is 65.0 Å². The van der Waals surface area contributed by atoms with Crippen LogP contribution in [-0.2, 0) is 0 Å². The van der Waals surface area contributed by atoms with Crippen LogP contribution < -0.4 is 4.74 Å². The summed E-state index contributed by atoms with van der Waals surface area (Å²) >= 11 is 0. The molecule has 2 aliphatic heterocycles. The van der Waals surface area contributed by atoms with E-state index < -0.39 is 0 Å². The van der Waals surface area contributed by atoms with E-state index in [1.54, 1.807) is 0 Å². The number of likely N-dealkylation sites (tertiary alicyclic amines) is 1. The van der Waals surface area contributed by atoms with Crippen molar-refractivity contribution < 1.29 is 9.53 Å². The Morgan fingerprint density at radius 1 is 1.13 bits per heavy atom. The summed E-state index contributed by atoms with van der Waals surface area (Å²) in [5.74, 6) is 2.95. The third-order valence-electron chi connectivity index (χ3n) is 6.91. The van der Waals surface area contributed by atoms with E-state index in [0.717, 1.165) is 56.2 Å². The number of amides is 1. The van der Waals surface area contributed by atoms with Crippen LogP contribution in [0.3, 0.4) is 0 Å². The van der Waals surface area contributed by atoms with Gasteiger partial charge in [-0.05, 0) is 69.9 Å². The topological polar surface area (TPSA) is 32.8 Å². The average Bonchev–Trinajstić information content (AvgIpc) is 3.03. The number of rotatable bonds is 5. The van der Waals surface area contributed by atoms with Crippen molar-refractivity contribution in [2.45, 2.75) is 46.0 Å². The first kappa shape index (κ1) is 20.9. The number of hydrogen-bond donors (Lipinski definition) is 0. The van der Waals surface area contributed by atoms with Gasteiger partial charge in [0.1, 0.15) is 11.5 Å². The van der Waals surface area contributed by atoms with Crippen LogP contribution in [-0.4, -0.2) is 48.4 Å². The van der Waals surface area contributed by atoms with Crippen LogP contribution in [0.25, 0.3) is 0 Å². The fourth-order valence-electron chi connectivity index (χ4n) is 5.12. The van der Waals surface area contributed by atoms with Gasteiger partial charge in [0.15, 0.2) is 0 Å².